The lowest BCUT2D eigenvalue weighted by Gasteiger charge is -2.12. The van der Waals surface area contributed by atoms with Crippen molar-refractivity contribution < 1.29 is 9.26 Å². The number of rotatable bonds is 6. The van der Waals surface area contributed by atoms with Crippen molar-refractivity contribution in [1.82, 2.24) is 20.1 Å². The fraction of sp³-hybridized carbons (Fsp3) is 0.182. The van der Waals surface area contributed by atoms with Crippen molar-refractivity contribution in [3.63, 3.8) is 0 Å². The minimum Gasteiger partial charge on any atom is -0.496 e. The summed E-state index contributed by atoms with van der Waals surface area (Å²) in [6, 6.07) is 13.6. The number of nitrogens with one attached hydrogen (secondary N) is 1. The molecule has 0 saturated carbocycles. The maximum Gasteiger partial charge on any atom is 0.224 e. The topological polar surface area (TPSA) is 86.0 Å². The molecule has 3 aromatic heterocycles. The highest BCUT2D eigenvalue weighted by molar-refractivity contribution is 5.74. The summed E-state index contributed by atoms with van der Waals surface area (Å²) in [4.78, 5) is 13.6. The van der Waals surface area contributed by atoms with Gasteiger partial charge in [0.05, 0.1) is 29.8 Å². The lowest BCUT2D eigenvalue weighted by Crippen LogP contribution is -2.06. The number of nitrogens with zero attached hydrogens (tertiary/aromatic N) is 4. The predicted molar refractivity (Wildman–Crippen MR) is 111 cm³/mol. The van der Waals surface area contributed by atoms with Gasteiger partial charge < -0.3 is 14.6 Å². The molecule has 0 spiro atoms. The molecule has 0 aliphatic carbocycles. The van der Waals surface area contributed by atoms with E-state index in [-0.39, 0.29) is 0 Å². The van der Waals surface area contributed by atoms with Crippen molar-refractivity contribution in [3.8, 4) is 28.3 Å². The summed E-state index contributed by atoms with van der Waals surface area (Å²) in [6.07, 6.45) is 3.56. The molecule has 0 aliphatic rings. The molecule has 0 fully saturated rings. The van der Waals surface area contributed by atoms with Gasteiger partial charge in [-0.05, 0) is 43.7 Å². The summed E-state index contributed by atoms with van der Waals surface area (Å²) in [6.45, 7) is 4.34. The molecule has 0 amide bonds. The number of ether oxygens (including phenoxy) is 1. The summed E-state index contributed by atoms with van der Waals surface area (Å²) in [5, 5.41) is 7.36. The second-order valence-electron chi connectivity index (χ2n) is 6.58. The summed E-state index contributed by atoms with van der Waals surface area (Å²) in [7, 11) is 1.65. The van der Waals surface area contributed by atoms with E-state index in [9.17, 15) is 0 Å². The van der Waals surface area contributed by atoms with Gasteiger partial charge in [0.25, 0.3) is 0 Å². The van der Waals surface area contributed by atoms with Gasteiger partial charge in [-0.2, -0.15) is 0 Å². The van der Waals surface area contributed by atoms with E-state index in [0.29, 0.717) is 18.3 Å². The molecule has 146 valence electrons. The molecular formula is C22H21N5O2. The monoisotopic (exact) mass is 387 g/mol. The molecule has 1 aromatic carbocycles. The second-order valence-corrected chi connectivity index (χ2v) is 6.58. The number of anilines is 1. The van der Waals surface area contributed by atoms with Gasteiger partial charge in [-0.25, -0.2) is 9.97 Å². The van der Waals surface area contributed by atoms with Crippen molar-refractivity contribution in [1.29, 1.82) is 0 Å². The minimum absolute atomic E-state index is 0.507. The number of aryl methyl sites for hydroxylation is 2. The third kappa shape index (κ3) is 3.94. The molecule has 7 heteroatoms. The van der Waals surface area contributed by atoms with E-state index in [1.807, 2.05) is 62.5 Å². The van der Waals surface area contributed by atoms with Crippen molar-refractivity contribution in [2.75, 3.05) is 12.4 Å². The van der Waals surface area contributed by atoms with Crippen LogP contribution in [0.2, 0.25) is 0 Å². The predicted octanol–water partition coefficient (Wildman–Crippen LogP) is 4.43. The highest BCUT2D eigenvalue weighted by atomic mass is 16.5. The van der Waals surface area contributed by atoms with Crippen molar-refractivity contribution in [3.05, 3.63) is 71.9 Å². The average Bonchev–Trinajstić information content (AvgIpc) is 3.10. The van der Waals surface area contributed by atoms with E-state index < -0.39 is 0 Å². The third-order valence-electron chi connectivity index (χ3n) is 4.57. The lowest BCUT2D eigenvalue weighted by atomic mass is 10.1. The number of pyridine rings is 1. The molecule has 29 heavy (non-hydrogen) atoms. The van der Waals surface area contributed by atoms with Gasteiger partial charge in [0.15, 0.2) is 0 Å². The van der Waals surface area contributed by atoms with Crippen molar-refractivity contribution in [2.45, 2.75) is 20.4 Å². The normalized spacial score (nSPS) is 10.7. The standard InChI is InChI=1S/C22H21N5O2/c1-14-21(15(2)29-27-14)19-11-18(17-8-4-5-9-20(17)28-3)25-22(26-19)24-13-16-7-6-10-23-12-16/h4-12H,13H2,1-3H3,(H,24,25,26). The van der Waals surface area contributed by atoms with Gasteiger partial charge in [0.2, 0.25) is 5.95 Å². The maximum absolute atomic E-state index is 5.53. The van der Waals surface area contributed by atoms with E-state index >= 15 is 0 Å². The van der Waals surface area contributed by atoms with Gasteiger partial charge in [0.1, 0.15) is 11.5 Å². The van der Waals surface area contributed by atoms with Crippen LogP contribution in [0.25, 0.3) is 22.5 Å². The quantitative estimate of drug-likeness (QED) is 0.524. The van der Waals surface area contributed by atoms with E-state index in [2.05, 4.69) is 15.5 Å². The number of aromatic nitrogens is 4. The van der Waals surface area contributed by atoms with Crippen LogP contribution in [0.3, 0.4) is 0 Å². The van der Waals surface area contributed by atoms with Crippen LogP contribution in [-0.4, -0.2) is 27.2 Å². The highest BCUT2D eigenvalue weighted by Crippen LogP contribution is 2.33. The molecule has 4 rings (SSSR count). The molecular weight excluding hydrogens is 366 g/mol. The first-order valence-electron chi connectivity index (χ1n) is 9.24. The molecule has 0 bridgehead atoms. The van der Waals surface area contributed by atoms with Gasteiger partial charge >= 0.3 is 0 Å². The zero-order valence-corrected chi connectivity index (χ0v) is 16.5. The number of methoxy groups -OCH3 is 1. The van der Waals surface area contributed by atoms with Crippen LogP contribution < -0.4 is 10.1 Å². The van der Waals surface area contributed by atoms with Crippen LogP contribution in [0.4, 0.5) is 5.95 Å². The van der Waals surface area contributed by atoms with Gasteiger partial charge in [-0.15, -0.1) is 0 Å². The zero-order valence-electron chi connectivity index (χ0n) is 16.5. The second kappa shape index (κ2) is 8.10. The van der Waals surface area contributed by atoms with E-state index in [0.717, 1.165) is 39.5 Å². The summed E-state index contributed by atoms with van der Waals surface area (Å²) >= 11 is 0. The smallest absolute Gasteiger partial charge is 0.224 e. The zero-order chi connectivity index (χ0) is 20.2. The lowest BCUT2D eigenvalue weighted by molar-refractivity contribution is 0.393. The Morgan fingerprint density at radius 2 is 1.86 bits per heavy atom. The number of para-hydroxylation sites is 1. The molecule has 0 aliphatic heterocycles. The van der Waals surface area contributed by atoms with Crippen LogP contribution in [0.5, 0.6) is 5.75 Å². The Morgan fingerprint density at radius 1 is 1.03 bits per heavy atom. The maximum atomic E-state index is 5.53. The van der Waals surface area contributed by atoms with Crippen LogP contribution in [0.15, 0.2) is 59.4 Å². The Kier molecular flexibility index (Phi) is 5.20. The number of hydrogen-bond acceptors (Lipinski definition) is 7. The summed E-state index contributed by atoms with van der Waals surface area (Å²) < 4.78 is 10.9. The van der Waals surface area contributed by atoms with Crippen LogP contribution >= 0.6 is 0 Å². The Morgan fingerprint density at radius 3 is 2.59 bits per heavy atom. The SMILES string of the molecule is COc1ccccc1-c1cc(-c2c(C)noc2C)nc(NCc2cccnc2)n1. The van der Waals surface area contributed by atoms with Crippen LogP contribution in [-0.2, 0) is 6.54 Å². The van der Waals surface area contributed by atoms with Crippen LogP contribution in [0.1, 0.15) is 17.0 Å². The first kappa shape index (κ1) is 18.6. The third-order valence-corrected chi connectivity index (χ3v) is 4.57. The first-order valence-corrected chi connectivity index (χ1v) is 9.24. The fourth-order valence-corrected chi connectivity index (χ4v) is 3.18. The molecule has 7 nitrogen and oxygen atoms in total. The fourth-order valence-electron chi connectivity index (χ4n) is 3.18. The molecule has 0 radical (unpaired) electrons. The summed E-state index contributed by atoms with van der Waals surface area (Å²) in [5.41, 5.74) is 5.07. The molecule has 0 saturated heterocycles. The molecule has 1 N–H and O–H groups in total. The average molecular weight is 387 g/mol. The van der Waals surface area contributed by atoms with E-state index in [1.54, 1.807) is 13.3 Å². The van der Waals surface area contributed by atoms with E-state index in [1.165, 1.54) is 0 Å². The van der Waals surface area contributed by atoms with Crippen LogP contribution in [0, 0.1) is 13.8 Å². The largest absolute Gasteiger partial charge is 0.496 e. The Hall–Kier alpha value is -3.74. The summed E-state index contributed by atoms with van der Waals surface area (Å²) in [5.74, 6) is 1.96. The molecule has 0 unspecified atom stereocenters. The van der Waals surface area contributed by atoms with E-state index in [4.69, 9.17) is 19.2 Å². The molecule has 0 atom stereocenters. The van der Waals surface area contributed by atoms with Gasteiger partial charge in [0, 0.05) is 24.5 Å². The first-order chi connectivity index (χ1) is 14.2. The van der Waals surface area contributed by atoms with Gasteiger partial charge in [-0.3, -0.25) is 4.98 Å². The van der Waals surface area contributed by atoms with Crippen molar-refractivity contribution >= 4 is 5.95 Å². The Labute approximate surface area is 168 Å². The highest BCUT2D eigenvalue weighted by Gasteiger charge is 2.17. The molecule has 3 heterocycles. The Bertz CT molecular complexity index is 1110. The number of benzene rings is 1. The minimum atomic E-state index is 0.507. The number of hydrogen-bond donors (Lipinski definition) is 1. The van der Waals surface area contributed by atoms with Gasteiger partial charge in [-0.1, -0.05) is 23.4 Å². The Balaban J connectivity index is 1.79. The van der Waals surface area contributed by atoms with Crippen molar-refractivity contribution in [2.24, 2.45) is 0 Å². The molecule has 4 aromatic rings.